The topological polar surface area (TPSA) is 20.2 Å². The lowest BCUT2D eigenvalue weighted by Gasteiger charge is -2.25. The van der Waals surface area contributed by atoms with E-state index in [0.29, 0.717) is 0 Å². The fraction of sp³-hybridized carbons (Fsp3) is 0.538. The zero-order chi connectivity index (χ0) is 11.9. The molecule has 0 aliphatic heterocycles. The van der Waals surface area contributed by atoms with Gasteiger partial charge in [-0.3, -0.25) is 0 Å². The molecular weight excluding hydrogens is 299 g/mol. The molecule has 0 heterocycles. The van der Waals surface area contributed by atoms with Crippen LogP contribution >= 0.6 is 22.6 Å². The molecule has 1 aromatic rings. The van der Waals surface area contributed by atoms with Crippen molar-refractivity contribution in [1.82, 2.24) is 0 Å². The number of halogens is 1. The van der Waals surface area contributed by atoms with Crippen molar-refractivity contribution in [2.75, 3.05) is 0 Å². The van der Waals surface area contributed by atoms with Crippen LogP contribution in [0.2, 0.25) is 0 Å². The summed E-state index contributed by atoms with van der Waals surface area (Å²) in [6.07, 6.45) is 0. The third-order valence-electron chi connectivity index (χ3n) is 2.49. The normalized spacial score (nSPS) is 13.0. The Balaban J connectivity index is 3.30. The molecule has 0 saturated heterocycles. The zero-order valence-corrected chi connectivity index (χ0v) is 12.2. The van der Waals surface area contributed by atoms with Crippen LogP contribution in [0.3, 0.4) is 0 Å². The largest absolute Gasteiger partial charge is 0.386 e. The fourth-order valence-corrected chi connectivity index (χ4v) is 2.46. The van der Waals surface area contributed by atoms with E-state index in [1.807, 2.05) is 13.8 Å². The van der Waals surface area contributed by atoms with Gasteiger partial charge in [0.25, 0.3) is 0 Å². The Morgan fingerprint density at radius 3 is 2.00 bits per heavy atom. The predicted molar refractivity (Wildman–Crippen MR) is 73.1 cm³/mol. The number of aliphatic hydroxyl groups is 1. The van der Waals surface area contributed by atoms with Crippen molar-refractivity contribution in [2.24, 2.45) is 0 Å². The van der Waals surface area contributed by atoms with Gasteiger partial charge in [0, 0.05) is 3.57 Å². The minimum Gasteiger partial charge on any atom is -0.386 e. The first-order valence-electron chi connectivity index (χ1n) is 5.15. The first-order valence-corrected chi connectivity index (χ1v) is 6.23. The molecule has 0 fully saturated rings. The average Bonchev–Trinajstić information content (AvgIpc) is 2.00. The number of rotatable bonds is 1. The molecule has 0 aliphatic rings. The van der Waals surface area contributed by atoms with Crippen LogP contribution in [0.25, 0.3) is 0 Å². The third-order valence-corrected chi connectivity index (χ3v) is 3.43. The lowest BCUT2D eigenvalue weighted by atomic mass is 9.84. The van der Waals surface area contributed by atoms with Crippen LogP contribution in [0.4, 0.5) is 0 Å². The van der Waals surface area contributed by atoms with Gasteiger partial charge in [-0.15, -0.1) is 0 Å². The molecule has 0 spiro atoms. The molecule has 0 amide bonds. The minimum atomic E-state index is -0.766. The molecule has 1 N–H and O–H groups in total. The smallest absolute Gasteiger partial charge is 0.0850 e. The van der Waals surface area contributed by atoms with E-state index in [1.165, 1.54) is 5.56 Å². The van der Waals surface area contributed by atoms with E-state index in [-0.39, 0.29) is 5.41 Å². The second kappa shape index (κ2) is 4.06. The van der Waals surface area contributed by atoms with Gasteiger partial charge in [-0.25, -0.2) is 0 Å². The van der Waals surface area contributed by atoms with Gasteiger partial charge < -0.3 is 5.11 Å². The lowest BCUT2D eigenvalue weighted by molar-refractivity contribution is 0.0776. The minimum absolute atomic E-state index is 0.129. The van der Waals surface area contributed by atoms with Gasteiger partial charge in [0.05, 0.1) is 5.60 Å². The number of hydrogen-bond acceptors (Lipinski definition) is 1. The standard InChI is InChI=1S/C13H19IO/c1-12(2,3)9-6-7-11(14)10(8-9)13(4,5)15/h6-8,15H,1-5H3. The van der Waals surface area contributed by atoms with Gasteiger partial charge in [-0.2, -0.15) is 0 Å². The van der Waals surface area contributed by atoms with Gasteiger partial charge in [0.15, 0.2) is 0 Å². The van der Waals surface area contributed by atoms with E-state index < -0.39 is 5.60 Å². The van der Waals surface area contributed by atoms with Crippen LogP contribution in [-0.4, -0.2) is 5.11 Å². The van der Waals surface area contributed by atoms with E-state index in [1.54, 1.807) is 0 Å². The van der Waals surface area contributed by atoms with Gasteiger partial charge in [0.1, 0.15) is 0 Å². The summed E-state index contributed by atoms with van der Waals surface area (Å²) in [6, 6.07) is 6.33. The Labute approximate surface area is 106 Å². The maximum Gasteiger partial charge on any atom is 0.0850 e. The van der Waals surface area contributed by atoms with Crippen molar-refractivity contribution in [3.05, 3.63) is 32.9 Å². The first-order chi connectivity index (χ1) is 6.62. The maximum atomic E-state index is 10.1. The molecule has 15 heavy (non-hydrogen) atoms. The van der Waals surface area contributed by atoms with Crippen LogP contribution in [0.1, 0.15) is 45.7 Å². The Bertz CT molecular complexity index is 356. The molecular formula is C13H19IO. The maximum absolute atomic E-state index is 10.1. The second-order valence-electron chi connectivity index (χ2n) is 5.50. The van der Waals surface area contributed by atoms with Crippen molar-refractivity contribution < 1.29 is 5.11 Å². The summed E-state index contributed by atoms with van der Waals surface area (Å²) < 4.78 is 1.12. The van der Waals surface area contributed by atoms with Crippen molar-refractivity contribution in [2.45, 2.75) is 45.6 Å². The first kappa shape index (κ1) is 13.0. The van der Waals surface area contributed by atoms with Gasteiger partial charge in [0.2, 0.25) is 0 Å². The monoisotopic (exact) mass is 318 g/mol. The highest BCUT2D eigenvalue weighted by molar-refractivity contribution is 14.1. The Morgan fingerprint density at radius 2 is 1.60 bits per heavy atom. The second-order valence-corrected chi connectivity index (χ2v) is 6.67. The summed E-state index contributed by atoms with van der Waals surface area (Å²) in [4.78, 5) is 0. The molecule has 0 radical (unpaired) electrons. The van der Waals surface area contributed by atoms with Gasteiger partial charge in [-0.05, 0) is 59.0 Å². The SMILES string of the molecule is CC(C)(C)c1ccc(I)c(C(C)(C)O)c1. The molecule has 2 heteroatoms. The summed E-state index contributed by atoms with van der Waals surface area (Å²) in [6.45, 7) is 10.2. The molecule has 1 nitrogen and oxygen atoms in total. The van der Waals surface area contributed by atoms with Crippen LogP contribution in [-0.2, 0) is 11.0 Å². The Morgan fingerprint density at radius 1 is 1.07 bits per heavy atom. The van der Waals surface area contributed by atoms with E-state index in [4.69, 9.17) is 0 Å². The van der Waals surface area contributed by atoms with Crippen molar-refractivity contribution in [3.8, 4) is 0 Å². The molecule has 0 saturated carbocycles. The highest BCUT2D eigenvalue weighted by Crippen LogP contribution is 2.30. The van der Waals surface area contributed by atoms with E-state index in [2.05, 4.69) is 61.6 Å². The number of hydrogen-bond donors (Lipinski definition) is 1. The molecule has 0 unspecified atom stereocenters. The molecule has 0 atom stereocenters. The van der Waals surface area contributed by atoms with Gasteiger partial charge in [-0.1, -0.05) is 32.9 Å². The fourth-order valence-electron chi connectivity index (χ4n) is 1.46. The summed E-state index contributed by atoms with van der Waals surface area (Å²) in [5.41, 5.74) is 1.64. The summed E-state index contributed by atoms with van der Waals surface area (Å²) in [5, 5.41) is 10.1. The third kappa shape index (κ3) is 3.18. The molecule has 84 valence electrons. The van der Waals surface area contributed by atoms with Crippen LogP contribution < -0.4 is 0 Å². The van der Waals surface area contributed by atoms with Crippen LogP contribution in [0, 0.1) is 3.57 Å². The van der Waals surface area contributed by atoms with E-state index in [9.17, 15) is 5.11 Å². The summed E-state index contributed by atoms with van der Waals surface area (Å²) in [5.74, 6) is 0. The highest BCUT2D eigenvalue weighted by atomic mass is 127. The van der Waals surface area contributed by atoms with Crippen molar-refractivity contribution in [1.29, 1.82) is 0 Å². The van der Waals surface area contributed by atoms with Crippen molar-refractivity contribution in [3.63, 3.8) is 0 Å². The molecule has 0 aliphatic carbocycles. The van der Waals surface area contributed by atoms with Crippen LogP contribution in [0.15, 0.2) is 18.2 Å². The summed E-state index contributed by atoms with van der Waals surface area (Å²) >= 11 is 2.27. The molecule has 0 aromatic heterocycles. The number of benzene rings is 1. The zero-order valence-electron chi connectivity index (χ0n) is 10.1. The average molecular weight is 318 g/mol. The molecule has 0 bridgehead atoms. The highest BCUT2D eigenvalue weighted by Gasteiger charge is 2.22. The van der Waals surface area contributed by atoms with Crippen LogP contribution in [0.5, 0.6) is 0 Å². The van der Waals surface area contributed by atoms with E-state index >= 15 is 0 Å². The predicted octanol–water partition coefficient (Wildman–Crippen LogP) is 3.82. The van der Waals surface area contributed by atoms with E-state index in [0.717, 1.165) is 9.13 Å². The molecule has 1 rings (SSSR count). The Hall–Kier alpha value is -0.0900. The lowest BCUT2D eigenvalue weighted by Crippen LogP contribution is -2.20. The summed E-state index contributed by atoms with van der Waals surface area (Å²) in [7, 11) is 0. The van der Waals surface area contributed by atoms with Gasteiger partial charge >= 0.3 is 0 Å². The van der Waals surface area contributed by atoms with Crippen molar-refractivity contribution >= 4 is 22.6 Å². The Kier molecular flexibility index (Phi) is 3.51. The quantitative estimate of drug-likeness (QED) is 0.781. The molecule has 1 aromatic carbocycles.